The Labute approximate surface area is 173 Å². The van der Waals surface area contributed by atoms with Gasteiger partial charge < -0.3 is 10.2 Å². The molecule has 1 aromatic carbocycles. The number of aromatic nitrogens is 2. The van der Waals surface area contributed by atoms with Crippen molar-refractivity contribution in [2.45, 2.75) is 26.3 Å². The van der Waals surface area contributed by atoms with Crippen LogP contribution in [0.25, 0.3) is 11.0 Å². The first-order valence-corrected chi connectivity index (χ1v) is 10.4. The van der Waals surface area contributed by atoms with E-state index in [0.29, 0.717) is 6.54 Å². The van der Waals surface area contributed by atoms with Gasteiger partial charge in [-0.1, -0.05) is 29.8 Å². The topological polar surface area (TPSA) is 58.1 Å². The summed E-state index contributed by atoms with van der Waals surface area (Å²) in [6.07, 6.45) is 5.32. The number of halogens is 1. The van der Waals surface area contributed by atoms with Gasteiger partial charge in [-0.2, -0.15) is 0 Å². The highest BCUT2D eigenvalue weighted by atomic mass is 79.9. The van der Waals surface area contributed by atoms with Gasteiger partial charge in [-0.05, 0) is 53.4 Å². The number of pyridine rings is 2. The third kappa shape index (κ3) is 4.17. The fourth-order valence-corrected chi connectivity index (χ4v) is 3.99. The average molecular weight is 439 g/mol. The van der Waals surface area contributed by atoms with Crippen LogP contribution in [0.1, 0.15) is 24.0 Å². The minimum atomic E-state index is 0.0666. The second-order valence-corrected chi connectivity index (χ2v) is 8.23. The molecule has 0 saturated carbocycles. The Morgan fingerprint density at radius 1 is 1.18 bits per heavy atom. The summed E-state index contributed by atoms with van der Waals surface area (Å²) >= 11 is 3.45. The Kier molecular flexibility index (Phi) is 5.57. The Hall–Kier alpha value is -2.47. The minimum Gasteiger partial charge on any atom is -0.370 e. The number of fused-ring (bicyclic) bond motifs is 1. The van der Waals surface area contributed by atoms with Gasteiger partial charge in [-0.3, -0.25) is 14.8 Å². The van der Waals surface area contributed by atoms with E-state index >= 15 is 0 Å². The fraction of sp³-hybridized carbons (Fsp3) is 0.318. The molecule has 3 aromatic rings. The fourth-order valence-electron chi connectivity index (χ4n) is 3.67. The first-order chi connectivity index (χ1) is 13.6. The zero-order chi connectivity index (χ0) is 19.5. The molecule has 2 aromatic heterocycles. The molecular formula is C22H23BrN4O. The van der Waals surface area contributed by atoms with Crippen LogP contribution in [0.15, 0.2) is 53.3 Å². The summed E-state index contributed by atoms with van der Waals surface area (Å²) in [5.41, 5.74) is 5.25. The lowest BCUT2D eigenvalue weighted by atomic mass is 9.95. The summed E-state index contributed by atoms with van der Waals surface area (Å²) in [6.45, 7) is 4.35. The van der Waals surface area contributed by atoms with E-state index in [4.69, 9.17) is 0 Å². The minimum absolute atomic E-state index is 0.0666. The van der Waals surface area contributed by atoms with Crippen molar-refractivity contribution in [2.75, 3.05) is 18.0 Å². The van der Waals surface area contributed by atoms with Gasteiger partial charge in [0.2, 0.25) is 5.91 Å². The highest BCUT2D eigenvalue weighted by Gasteiger charge is 2.26. The smallest absolute Gasteiger partial charge is 0.223 e. The zero-order valence-corrected chi connectivity index (χ0v) is 17.4. The second kappa shape index (κ2) is 8.27. The molecule has 0 atom stereocenters. The van der Waals surface area contributed by atoms with Gasteiger partial charge in [0.15, 0.2) is 0 Å². The number of nitrogens with zero attached hydrogens (tertiary/aromatic N) is 3. The number of benzene rings is 1. The van der Waals surface area contributed by atoms with Crippen LogP contribution in [0.3, 0.4) is 0 Å². The molecule has 6 heteroatoms. The quantitative estimate of drug-likeness (QED) is 0.661. The van der Waals surface area contributed by atoms with Crippen molar-refractivity contribution in [1.29, 1.82) is 0 Å². The molecule has 1 N–H and O–H groups in total. The number of carbonyl (C=O) groups is 1. The van der Waals surface area contributed by atoms with E-state index in [1.807, 2.05) is 18.3 Å². The molecule has 1 aliphatic heterocycles. The summed E-state index contributed by atoms with van der Waals surface area (Å²) in [7, 11) is 0. The summed E-state index contributed by atoms with van der Waals surface area (Å²) in [5, 5.41) is 3.09. The van der Waals surface area contributed by atoms with Gasteiger partial charge in [0.25, 0.3) is 0 Å². The molecule has 1 fully saturated rings. The predicted molar refractivity (Wildman–Crippen MR) is 115 cm³/mol. The molecule has 3 heterocycles. The lowest BCUT2D eigenvalue weighted by molar-refractivity contribution is -0.125. The summed E-state index contributed by atoms with van der Waals surface area (Å²) < 4.78 is 0.925. The maximum atomic E-state index is 12.6. The molecule has 0 radical (unpaired) electrons. The van der Waals surface area contributed by atoms with Crippen LogP contribution in [0, 0.1) is 12.8 Å². The molecule has 28 heavy (non-hydrogen) atoms. The Morgan fingerprint density at radius 2 is 1.93 bits per heavy atom. The molecule has 0 aliphatic carbocycles. The highest BCUT2D eigenvalue weighted by Crippen LogP contribution is 2.29. The van der Waals surface area contributed by atoms with Crippen molar-refractivity contribution < 1.29 is 4.79 Å². The largest absolute Gasteiger partial charge is 0.370 e. The molecular weight excluding hydrogens is 416 g/mol. The highest BCUT2D eigenvalue weighted by molar-refractivity contribution is 9.10. The van der Waals surface area contributed by atoms with E-state index in [1.54, 1.807) is 6.20 Å². The molecule has 4 rings (SSSR count). The summed E-state index contributed by atoms with van der Waals surface area (Å²) in [6, 6.07) is 12.3. The van der Waals surface area contributed by atoms with Crippen LogP contribution in [0.2, 0.25) is 0 Å². The Balaban J connectivity index is 1.37. The maximum Gasteiger partial charge on any atom is 0.223 e. The lowest BCUT2D eigenvalue weighted by Gasteiger charge is -2.33. The molecule has 1 aliphatic rings. The van der Waals surface area contributed by atoms with Crippen LogP contribution in [0.5, 0.6) is 0 Å². The number of anilines is 1. The number of rotatable bonds is 4. The van der Waals surface area contributed by atoms with Gasteiger partial charge >= 0.3 is 0 Å². The number of hydrogen-bond donors (Lipinski definition) is 1. The van der Waals surface area contributed by atoms with Crippen LogP contribution < -0.4 is 10.2 Å². The van der Waals surface area contributed by atoms with Crippen molar-refractivity contribution in [1.82, 2.24) is 15.3 Å². The normalized spacial score (nSPS) is 15.0. The van der Waals surface area contributed by atoms with E-state index in [2.05, 4.69) is 67.3 Å². The van der Waals surface area contributed by atoms with Crippen molar-refractivity contribution in [2.24, 2.45) is 5.92 Å². The van der Waals surface area contributed by atoms with Crippen molar-refractivity contribution in [3.8, 4) is 0 Å². The Morgan fingerprint density at radius 3 is 2.68 bits per heavy atom. The molecule has 0 bridgehead atoms. The number of amides is 1. The van der Waals surface area contributed by atoms with Gasteiger partial charge in [-0.15, -0.1) is 0 Å². The third-order valence-corrected chi connectivity index (χ3v) is 5.75. The number of hydrogen-bond acceptors (Lipinski definition) is 4. The zero-order valence-electron chi connectivity index (χ0n) is 15.9. The third-order valence-electron chi connectivity index (χ3n) is 5.32. The van der Waals surface area contributed by atoms with Crippen LogP contribution >= 0.6 is 15.9 Å². The number of aryl methyl sites for hydroxylation is 1. The predicted octanol–water partition coefficient (Wildman–Crippen LogP) is 4.23. The average Bonchev–Trinajstić information content (AvgIpc) is 2.72. The van der Waals surface area contributed by atoms with E-state index in [-0.39, 0.29) is 11.8 Å². The van der Waals surface area contributed by atoms with Crippen LogP contribution in [0.4, 0.5) is 5.69 Å². The maximum absolute atomic E-state index is 12.6. The number of piperidine rings is 1. The van der Waals surface area contributed by atoms with E-state index in [0.717, 1.165) is 52.7 Å². The molecule has 0 unspecified atom stereocenters. The van der Waals surface area contributed by atoms with Gasteiger partial charge in [0.1, 0.15) is 5.52 Å². The van der Waals surface area contributed by atoms with Gasteiger partial charge in [0, 0.05) is 42.4 Å². The number of nitrogens with one attached hydrogen (secondary N) is 1. The molecule has 1 amide bonds. The van der Waals surface area contributed by atoms with Crippen LogP contribution in [-0.2, 0) is 11.3 Å². The SMILES string of the molecule is Cc1ccc(CNC(=O)C2CCN(c3ccnc4cc(Br)cnc34)CC2)cc1. The molecule has 144 valence electrons. The van der Waals surface area contributed by atoms with Gasteiger partial charge in [0.05, 0.1) is 11.2 Å². The van der Waals surface area contributed by atoms with Crippen molar-refractivity contribution >= 4 is 38.6 Å². The second-order valence-electron chi connectivity index (χ2n) is 7.32. The molecule has 1 saturated heterocycles. The monoisotopic (exact) mass is 438 g/mol. The first kappa shape index (κ1) is 18.9. The van der Waals surface area contributed by atoms with E-state index in [1.165, 1.54) is 5.56 Å². The first-order valence-electron chi connectivity index (χ1n) is 9.58. The molecule has 5 nitrogen and oxygen atoms in total. The van der Waals surface area contributed by atoms with Crippen LogP contribution in [-0.4, -0.2) is 29.0 Å². The van der Waals surface area contributed by atoms with Crippen molar-refractivity contribution in [3.05, 3.63) is 64.4 Å². The molecule has 0 spiro atoms. The van der Waals surface area contributed by atoms with E-state index < -0.39 is 0 Å². The number of carbonyl (C=O) groups excluding carboxylic acids is 1. The standard InChI is InChI=1S/C22H23BrN4O/c1-15-2-4-16(5-3-15)13-26-22(28)17-7-10-27(11-8-17)20-6-9-24-19-12-18(23)14-25-21(19)20/h2-6,9,12,14,17H,7-8,10-11,13H2,1H3,(H,26,28). The lowest BCUT2D eigenvalue weighted by Crippen LogP contribution is -2.40. The Bertz CT molecular complexity index is 981. The summed E-state index contributed by atoms with van der Waals surface area (Å²) in [4.78, 5) is 23.9. The van der Waals surface area contributed by atoms with Gasteiger partial charge in [-0.25, -0.2) is 0 Å². The summed E-state index contributed by atoms with van der Waals surface area (Å²) in [5.74, 6) is 0.221. The van der Waals surface area contributed by atoms with E-state index in [9.17, 15) is 4.79 Å². The van der Waals surface area contributed by atoms with Crippen molar-refractivity contribution in [3.63, 3.8) is 0 Å².